The SMILES string of the molecule is Cc1ccc(C2CC[C@@H](CO)N2)cc1. The zero-order chi connectivity index (χ0) is 9.97. The highest BCUT2D eigenvalue weighted by molar-refractivity contribution is 5.24. The third kappa shape index (κ3) is 1.97. The van der Waals surface area contributed by atoms with E-state index in [1.165, 1.54) is 11.1 Å². The van der Waals surface area contributed by atoms with Gasteiger partial charge in [0.25, 0.3) is 0 Å². The van der Waals surface area contributed by atoms with Gasteiger partial charge in [0, 0.05) is 12.1 Å². The number of hydrogen-bond donors (Lipinski definition) is 2. The molecule has 2 N–H and O–H groups in total. The average Bonchev–Trinajstić information content (AvgIpc) is 2.67. The van der Waals surface area contributed by atoms with Gasteiger partial charge in [0.05, 0.1) is 6.61 Å². The van der Waals surface area contributed by atoms with Crippen LogP contribution in [0.5, 0.6) is 0 Å². The van der Waals surface area contributed by atoms with Crippen molar-refractivity contribution in [3.05, 3.63) is 35.4 Å². The molecule has 1 aromatic carbocycles. The largest absolute Gasteiger partial charge is 0.395 e. The van der Waals surface area contributed by atoms with Crippen LogP contribution in [-0.4, -0.2) is 17.8 Å². The molecule has 2 rings (SSSR count). The molecule has 2 nitrogen and oxygen atoms in total. The van der Waals surface area contributed by atoms with Crippen LogP contribution in [-0.2, 0) is 0 Å². The van der Waals surface area contributed by atoms with Gasteiger partial charge < -0.3 is 10.4 Å². The van der Waals surface area contributed by atoms with E-state index in [-0.39, 0.29) is 6.61 Å². The summed E-state index contributed by atoms with van der Waals surface area (Å²) in [4.78, 5) is 0. The van der Waals surface area contributed by atoms with Gasteiger partial charge in [-0.2, -0.15) is 0 Å². The molecule has 2 heteroatoms. The minimum absolute atomic E-state index is 0.252. The van der Waals surface area contributed by atoms with Crippen LogP contribution >= 0.6 is 0 Å². The molecule has 0 bridgehead atoms. The van der Waals surface area contributed by atoms with Crippen LogP contribution in [0, 0.1) is 6.92 Å². The third-order valence-electron chi connectivity index (χ3n) is 2.94. The highest BCUT2D eigenvalue weighted by atomic mass is 16.3. The lowest BCUT2D eigenvalue weighted by Crippen LogP contribution is -2.27. The van der Waals surface area contributed by atoms with Gasteiger partial charge in [0.2, 0.25) is 0 Å². The normalized spacial score (nSPS) is 26.7. The molecule has 14 heavy (non-hydrogen) atoms. The average molecular weight is 191 g/mol. The topological polar surface area (TPSA) is 32.3 Å². The van der Waals surface area contributed by atoms with E-state index in [2.05, 4.69) is 36.5 Å². The summed E-state index contributed by atoms with van der Waals surface area (Å²) >= 11 is 0. The van der Waals surface area contributed by atoms with Gasteiger partial charge in [-0.05, 0) is 25.3 Å². The van der Waals surface area contributed by atoms with Gasteiger partial charge in [-0.15, -0.1) is 0 Å². The Morgan fingerprint density at radius 3 is 2.57 bits per heavy atom. The number of aryl methyl sites for hydroxylation is 1. The Morgan fingerprint density at radius 1 is 1.29 bits per heavy atom. The second-order valence-electron chi connectivity index (χ2n) is 4.09. The molecule has 1 aliphatic heterocycles. The third-order valence-corrected chi connectivity index (χ3v) is 2.94. The molecule has 0 spiro atoms. The summed E-state index contributed by atoms with van der Waals surface area (Å²) in [7, 11) is 0. The fraction of sp³-hybridized carbons (Fsp3) is 0.500. The molecule has 1 saturated heterocycles. The number of rotatable bonds is 2. The highest BCUT2D eigenvalue weighted by Crippen LogP contribution is 2.26. The first-order chi connectivity index (χ1) is 6.79. The van der Waals surface area contributed by atoms with Crippen molar-refractivity contribution in [2.45, 2.75) is 31.8 Å². The monoisotopic (exact) mass is 191 g/mol. The van der Waals surface area contributed by atoms with E-state index in [1.54, 1.807) is 0 Å². The first-order valence-electron chi connectivity index (χ1n) is 5.23. The quantitative estimate of drug-likeness (QED) is 0.747. The minimum Gasteiger partial charge on any atom is -0.395 e. The van der Waals surface area contributed by atoms with Crippen molar-refractivity contribution in [2.24, 2.45) is 0 Å². The van der Waals surface area contributed by atoms with Crippen molar-refractivity contribution in [1.82, 2.24) is 5.32 Å². The number of aliphatic hydroxyl groups is 1. The van der Waals surface area contributed by atoms with Crippen LogP contribution in [0.15, 0.2) is 24.3 Å². The molecule has 0 aromatic heterocycles. The highest BCUT2D eigenvalue weighted by Gasteiger charge is 2.23. The first kappa shape index (κ1) is 9.69. The van der Waals surface area contributed by atoms with Crippen LogP contribution in [0.3, 0.4) is 0 Å². The van der Waals surface area contributed by atoms with E-state index >= 15 is 0 Å². The smallest absolute Gasteiger partial charge is 0.0584 e. The number of hydrogen-bond acceptors (Lipinski definition) is 2. The Morgan fingerprint density at radius 2 is 2.00 bits per heavy atom. The van der Waals surface area contributed by atoms with Gasteiger partial charge in [0.1, 0.15) is 0 Å². The van der Waals surface area contributed by atoms with Crippen LogP contribution < -0.4 is 5.32 Å². The molecule has 0 amide bonds. The maximum atomic E-state index is 9.01. The Hall–Kier alpha value is -0.860. The van der Waals surface area contributed by atoms with Crippen molar-refractivity contribution >= 4 is 0 Å². The zero-order valence-electron chi connectivity index (χ0n) is 8.53. The predicted molar refractivity (Wildman–Crippen MR) is 57.2 cm³/mol. The minimum atomic E-state index is 0.252. The molecule has 0 saturated carbocycles. The van der Waals surface area contributed by atoms with Gasteiger partial charge in [-0.25, -0.2) is 0 Å². The van der Waals surface area contributed by atoms with E-state index in [4.69, 9.17) is 5.11 Å². The number of benzene rings is 1. The predicted octanol–water partition coefficient (Wildman–Crippen LogP) is 1.78. The molecule has 76 valence electrons. The second kappa shape index (κ2) is 4.11. The van der Waals surface area contributed by atoms with Crippen LogP contribution in [0.25, 0.3) is 0 Å². The molecule has 1 heterocycles. The van der Waals surface area contributed by atoms with Crippen LogP contribution in [0.4, 0.5) is 0 Å². The zero-order valence-corrected chi connectivity index (χ0v) is 8.53. The summed E-state index contributed by atoms with van der Waals surface area (Å²) in [5.41, 5.74) is 2.64. The standard InChI is InChI=1S/C12H17NO/c1-9-2-4-10(5-3-9)12-7-6-11(8-14)13-12/h2-5,11-14H,6-8H2,1H3/t11-,12?/m0/s1. The number of nitrogens with one attached hydrogen (secondary N) is 1. The second-order valence-corrected chi connectivity index (χ2v) is 4.09. The van der Waals surface area contributed by atoms with E-state index in [1.807, 2.05) is 0 Å². The molecular weight excluding hydrogens is 174 g/mol. The van der Waals surface area contributed by atoms with Gasteiger partial charge in [-0.3, -0.25) is 0 Å². The molecule has 1 fully saturated rings. The first-order valence-corrected chi connectivity index (χ1v) is 5.23. The summed E-state index contributed by atoms with van der Waals surface area (Å²) in [5.74, 6) is 0. The fourth-order valence-corrected chi connectivity index (χ4v) is 2.02. The van der Waals surface area contributed by atoms with E-state index in [9.17, 15) is 0 Å². The van der Waals surface area contributed by atoms with E-state index in [0.29, 0.717) is 12.1 Å². The van der Waals surface area contributed by atoms with Crippen molar-refractivity contribution in [3.8, 4) is 0 Å². The summed E-state index contributed by atoms with van der Waals surface area (Å²) in [6.45, 7) is 2.35. The van der Waals surface area contributed by atoms with Gasteiger partial charge >= 0.3 is 0 Å². The van der Waals surface area contributed by atoms with E-state index in [0.717, 1.165) is 12.8 Å². The van der Waals surface area contributed by atoms with Gasteiger partial charge in [0.15, 0.2) is 0 Å². The molecule has 1 aliphatic rings. The molecule has 2 atom stereocenters. The lowest BCUT2D eigenvalue weighted by atomic mass is 10.0. The lowest BCUT2D eigenvalue weighted by molar-refractivity contribution is 0.251. The van der Waals surface area contributed by atoms with Gasteiger partial charge in [-0.1, -0.05) is 29.8 Å². The van der Waals surface area contributed by atoms with Crippen LogP contribution in [0.2, 0.25) is 0 Å². The molecular formula is C12H17NO. The number of aliphatic hydroxyl groups excluding tert-OH is 1. The van der Waals surface area contributed by atoms with Crippen molar-refractivity contribution < 1.29 is 5.11 Å². The fourth-order valence-electron chi connectivity index (χ4n) is 2.02. The maximum absolute atomic E-state index is 9.01. The summed E-state index contributed by atoms with van der Waals surface area (Å²) in [6.07, 6.45) is 2.21. The maximum Gasteiger partial charge on any atom is 0.0584 e. The lowest BCUT2D eigenvalue weighted by Gasteiger charge is -2.13. The molecule has 0 aliphatic carbocycles. The Labute approximate surface area is 85.0 Å². The summed E-state index contributed by atoms with van der Waals surface area (Å²) in [6, 6.07) is 9.36. The van der Waals surface area contributed by atoms with Crippen molar-refractivity contribution in [3.63, 3.8) is 0 Å². The van der Waals surface area contributed by atoms with Crippen molar-refractivity contribution in [2.75, 3.05) is 6.61 Å². The Bertz CT molecular complexity index is 294. The van der Waals surface area contributed by atoms with Crippen LogP contribution in [0.1, 0.15) is 30.0 Å². The van der Waals surface area contributed by atoms with E-state index < -0.39 is 0 Å². The molecule has 1 unspecified atom stereocenters. The molecule has 1 aromatic rings. The Balaban J connectivity index is 2.06. The molecule has 0 radical (unpaired) electrons. The summed E-state index contributed by atoms with van der Waals surface area (Å²) in [5, 5.41) is 12.4. The van der Waals surface area contributed by atoms with Crippen molar-refractivity contribution in [1.29, 1.82) is 0 Å². The summed E-state index contributed by atoms with van der Waals surface area (Å²) < 4.78 is 0. The Kier molecular flexibility index (Phi) is 2.85.